The SMILES string of the molecule is O=C(CN1CCOCCOCCN(CC(=O)NC(CCC(=O)OCc2ccccc2)C(=O)OCc2ccccc2)CCOCCOCC1)NC(CCC(=O)OCc1ccccc1)C(=O)OCc1ccccc1. The lowest BCUT2D eigenvalue weighted by Gasteiger charge is -2.24. The van der Waals surface area contributed by atoms with Gasteiger partial charge in [0.2, 0.25) is 11.8 Å². The molecule has 5 rings (SSSR count). The molecule has 0 bridgehead atoms. The van der Waals surface area contributed by atoms with Gasteiger partial charge in [-0.05, 0) is 35.1 Å². The highest BCUT2D eigenvalue weighted by Crippen LogP contribution is 2.11. The molecule has 4 aromatic rings. The number of rotatable bonds is 22. The van der Waals surface area contributed by atoms with E-state index >= 15 is 0 Å². The van der Waals surface area contributed by atoms with Crippen molar-refractivity contribution in [3.8, 4) is 0 Å². The number of carbonyl (C=O) groups excluding carboxylic acids is 6. The van der Waals surface area contributed by atoms with E-state index in [1.165, 1.54) is 0 Å². The summed E-state index contributed by atoms with van der Waals surface area (Å²) in [5.41, 5.74) is 3.21. The van der Waals surface area contributed by atoms with E-state index in [2.05, 4.69) is 10.6 Å². The summed E-state index contributed by atoms with van der Waals surface area (Å²) in [6, 6.07) is 34.6. The van der Waals surface area contributed by atoms with Crippen LogP contribution in [-0.2, 0) is 93.1 Å². The highest BCUT2D eigenvalue weighted by atomic mass is 16.6. The van der Waals surface area contributed by atoms with E-state index in [-0.39, 0.29) is 118 Å². The van der Waals surface area contributed by atoms with Crippen molar-refractivity contribution in [2.24, 2.45) is 0 Å². The van der Waals surface area contributed by atoms with Crippen molar-refractivity contribution in [3.63, 3.8) is 0 Å². The number of nitrogens with zero attached hydrogens (tertiary/aromatic N) is 2. The number of esters is 4. The maximum atomic E-state index is 13.5. The molecule has 2 amide bonds. The molecule has 4 aromatic carbocycles. The highest BCUT2D eigenvalue weighted by molar-refractivity contribution is 5.86. The summed E-state index contributed by atoms with van der Waals surface area (Å²) in [5.74, 6) is -3.25. The van der Waals surface area contributed by atoms with Gasteiger partial charge in [0.05, 0.1) is 65.9 Å². The maximum absolute atomic E-state index is 13.5. The van der Waals surface area contributed by atoms with Gasteiger partial charge in [-0.25, -0.2) is 9.59 Å². The van der Waals surface area contributed by atoms with E-state index < -0.39 is 47.8 Å². The van der Waals surface area contributed by atoms with Gasteiger partial charge in [-0.2, -0.15) is 0 Å². The van der Waals surface area contributed by atoms with Crippen LogP contribution in [0.1, 0.15) is 47.9 Å². The predicted molar refractivity (Wildman–Crippen MR) is 263 cm³/mol. The van der Waals surface area contributed by atoms with E-state index in [4.69, 9.17) is 37.9 Å². The Morgan fingerprint density at radius 3 is 0.972 bits per heavy atom. The zero-order chi connectivity index (χ0) is 50.9. The van der Waals surface area contributed by atoms with Crippen LogP contribution in [-0.4, -0.2) is 150 Å². The number of ether oxygens (including phenoxy) is 8. The lowest BCUT2D eigenvalue weighted by atomic mass is 10.1. The number of nitrogens with one attached hydrogen (secondary N) is 2. The van der Waals surface area contributed by atoms with Crippen LogP contribution < -0.4 is 10.6 Å². The minimum absolute atomic E-state index is 0.00241. The second-order valence-electron chi connectivity index (χ2n) is 16.8. The second kappa shape index (κ2) is 33.9. The Hall–Kier alpha value is -6.54. The summed E-state index contributed by atoms with van der Waals surface area (Å²) in [5, 5.41) is 5.54. The van der Waals surface area contributed by atoms with Gasteiger partial charge in [-0.1, -0.05) is 121 Å². The van der Waals surface area contributed by atoms with E-state index in [1.54, 1.807) is 0 Å². The minimum Gasteiger partial charge on any atom is -0.461 e. The number of carbonyl (C=O) groups is 6. The molecule has 0 spiro atoms. The zero-order valence-corrected chi connectivity index (χ0v) is 40.9. The highest BCUT2D eigenvalue weighted by Gasteiger charge is 2.27. The Labute approximate surface area is 421 Å². The molecule has 1 fully saturated rings. The molecule has 2 atom stereocenters. The topological polar surface area (TPSA) is 207 Å². The molecule has 1 aliphatic rings. The largest absolute Gasteiger partial charge is 0.461 e. The maximum Gasteiger partial charge on any atom is 0.328 e. The summed E-state index contributed by atoms with van der Waals surface area (Å²) in [7, 11) is 0. The quantitative estimate of drug-likeness (QED) is 0.0837. The van der Waals surface area contributed by atoms with E-state index in [0.29, 0.717) is 26.2 Å². The molecule has 0 saturated carbocycles. The minimum atomic E-state index is -1.10. The second-order valence-corrected chi connectivity index (χ2v) is 16.8. The monoisotopic (exact) mass is 996 g/mol. The Morgan fingerprint density at radius 2 is 0.681 bits per heavy atom. The van der Waals surface area contributed by atoms with Crippen LogP contribution in [0.15, 0.2) is 121 Å². The molecular formula is C54H68N4O14. The molecular weight excluding hydrogens is 929 g/mol. The van der Waals surface area contributed by atoms with Gasteiger partial charge in [0.1, 0.15) is 38.5 Å². The fourth-order valence-corrected chi connectivity index (χ4v) is 7.15. The van der Waals surface area contributed by atoms with E-state index in [1.807, 2.05) is 131 Å². The summed E-state index contributed by atoms with van der Waals surface area (Å²) < 4.78 is 45.3. The van der Waals surface area contributed by atoms with Gasteiger partial charge in [0.15, 0.2) is 0 Å². The first kappa shape index (κ1) is 56.4. The molecule has 2 N–H and O–H groups in total. The molecule has 0 radical (unpaired) electrons. The standard InChI is InChI=1S/C54H68N4O14/c59-49(55-47(53(63)71-41-45-17-9-3-10-18-45)21-23-51(61)69-39-43-13-5-1-6-14-43)37-57-25-29-65-33-35-67-31-27-58(28-32-68-36-34-66-30-26-57)38-50(60)56-48(54(64)72-42-46-19-11-4-12-20-46)22-24-52(62)70-40-44-15-7-2-8-16-44/h1-20,47-48H,21-42H2,(H,55,59)(H,56,60). The molecule has 0 aromatic heterocycles. The molecule has 388 valence electrons. The summed E-state index contributed by atoms with van der Waals surface area (Å²) in [6.07, 6.45) is -0.280. The smallest absolute Gasteiger partial charge is 0.328 e. The fourth-order valence-electron chi connectivity index (χ4n) is 7.15. The van der Waals surface area contributed by atoms with Crippen LogP contribution >= 0.6 is 0 Å². The van der Waals surface area contributed by atoms with Crippen LogP contribution in [0, 0.1) is 0 Å². The first-order chi connectivity index (χ1) is 35.2. The van der Waals surface area contributed by atoms with Crippen molar-refractivity contribution < 1.29 is 66.7 Å². The van der Waals surface area contributed by atoms with Crippen molar-refractivity contribution in [1.29, 1.82) is 0 Å². The Balaban J connectivity index is 1.07. The van der Waals surface area contributed by atoms with Crippen LogP contribution in [0.5, 0.6) is 0 Å². The molecule has 1 saturated heterocycles. The third-order valence-electron chi connectivity index (χ3n) is 11.1. The lowest BCUT2D eigenvalue weighted by molar-refractivity contribution is -0.151. The van der Waals surface area contributed by atoms with Gasteiger partial charge in [-0.3, -0.25) is 29.0 Å². The molecule has 2 unspecified atom stereocenters. The predicted octanol–water partition coefficient (Wildman–Crippen LogP) is 4.17. The molecule has 0 aliphatic carbocycles. The van der Waals surface area contributed by atoms with Crippen molar-refractivity contribution in [2.45, 2.75) is 64.2 Å². The molecule has 18 nitrogen and oxygen atoms in total. The van der Waals surface area contributed by atoms with Gasteiger partial charge in [-0.15, -0.1) is 0 Å². The number of hydrogen-bond donors (Lipinski definition) is 2. The zero-order valence-electron chi connectivity index (χ0n) is 40.9. The third kappa shape index (κ3) is 24.0. The number of hydrogen-bond acceptors (Lipinski definition) is 16. The first-order valence-corrected chi connectivity index (χ1v) is 24.3. The Kier molecular flexibility index (Phi) is 26.6. The molecule has 1 aliphatic heterocycles. The van der Waals surface area contributed by atoms with Crippen molar-refractivity contribution in [3.05, 3.63) is 144 Å². The Bertz CT molecular complexity index is 2010. The number of amides is 2. The van der Waals surface area contributed by atoms with Crippen LogP contribution in [0.3, 0.4) is 0 Å². The lowest BCUT2D eigenvalue weighted by Crippen LogP contribution is -2.47. The van der Waals surface area contributed by atoms with Gasteiger partial charge in [0.25, 0.3) is 0 Å². The van der Waals surface area contributed by atoms with Crippen LogP contribution in [0.4, 0.5) is 0 Å². The van der Waals surface area contributed by atoms with Crippen molar-refractivity contribution in [2.75, 3.05) is 92.1 Å². The number of benzene rings is 4. The molecule has 72 heavy (non-hydrogen) atoms. The third-order valence-corrected chi connectivity index (χ3v) is 11.1. The summed E-state index contributed by atoms with van der Waals surface area (Å²) in [6.45, 7) is 3.57. The van der Waals surface area contributed by atoms with Crippen molar-refractivity contribution >= 4 is 35.7 Å². The van der Waals surface area contributed by atoms with Gasteiger partial charge >= 0.3 is 23.9 Å². The van der Waals surface area contributed by atoms with Crippen molar-refractivity contribution in [1.82, 2.24) is 20.4 Å². The first-order valence-electron chi connectivity index (χ1n) is 24.3. The van der Waals surface area contributed by atoms with Crippen LogP contribution in [0.2, 0.25) is 0 Å². The summed E-state index contributed by atoms with van der Waals surface area (Å²) in [4.78, 5) is 82.6. The van der Waals surface area contributed by atoms with Gasteiger partial charge in [0, 0.05) is 39.0 Å². The van der Waals surface area contributed by atoms with Crippen LogP contribution in [0.25, 0.3) is 0 Å². The van der Waals surface area contributed by atoms with E-state index in [9.17, 15) is 28.8 Å². The molecule has 18 heteroatoms. The fraction of sp³-hybridized carbons (Fsp3) is 0.444. The Morgan fingerprint density at radius 1 is 0.403 bits per heavy atom. The van der Waals surface area contributed by atoms with Gasteiger partial charge < -0.3 is 48.5 Å². The van der Waals surface area contributed by atoms with E-state index in [0.717, 1.165) is 22.3 Å². The summed E-state index contributed by atoms with van der Waals surface area (Å²) >= 11 is 0. The average molecular weight is 997 g/mol. The normalized spacial score (nSPS) is 15.6. The average Bonchev–Trinajstić information content (AvgIpc) is 3.40. The molecule has 1 heterocycles.